The van der Waals surface area contributed by atoms with E-state index in [4.69, 9.17) is 15.3 Å². The summed E-state index contributed by atoms with van der Waals surface area (Å²) in [5, 5.41) is 23.6. The molecule has 0 atom stereocenters. The maximum atomic E-state index is 11.3. The van der Waals surface area contributed by atoms with Crippen LogP contribution < -0.4 is 10.1 Å². The summed E-state index contributed by atoms with van der Waals surface area (Å²) in [4.78, 5) is 11.3. The van der Waals surface area contributed by atoms with Gasteiger partial charge in [-0.3, -0.25) is 0 Å². The van der Waals surface area contributed by atoms with Crippen LogP contribution in [0.2, 0.25) is 0 Å². The molecule has 1 amide bonds. The number of nitriles is 2. The van der Waals surface area contributed by atoms with Gasteiger partial charge in [-0.15, -0.1) is 0 Å². The predicted octanol–water partition coefficient (Wildman–Crippen LogP) is 2.83. The molecule has 19 heavy (non-hydrogen) atoms. The smallest absolute Gasteiger partial charge is 0.410 e. The van der Waals surface area contributed by atoms with Crippen molar-refractivity contribution in [2.75, 3.05) is 7.05 Å². The van der Waals surface area contributed by atoms with Crippen LogP contribution in [-0.2, 0) is 11.5 Å². The molecule has 0 aliphatic rings. The molecule has 0 bridgehead atoms. The van der Waals surface area contributed by atoms with Gasteiger partial charge in [0.25, 0.3) is 0 Å². The van der Waals surface area contributed by atoms with Gasteiger partial charge >= 0.3 is 6.09 Å². The van der Waals surface area contributed by atoms with Crippen molar-refractivity contribution in [1.29, 1.82) is 10.5 Å². The number of nitrogens with zero attached hydrogens (tertiary/aromatic N) is 2. The Morgan fingerprint density at radius 3 is 2.63 bits per heavy atom. The van der Waals surface area contributed by atoms with Crippen LogP contribution in [0.5, 0.6) is 5.75 Å². The van der Waals surface area contributed by atoms with Gasteiger partial charge in [-0.05, 0) is 35.2 Å². The summed E-state index contributed by atoms with van der Waals surface area (Å²) >= 11 is 2.16. The molecular formula is C12H11N3O2S2. The van der Waals surface area contributed by atoms with Crippen LogP contribution in [0.25, 0.3) is 0 Å². The van der Waals surface area contributed by atoms with E-state index >= 15 is 0 Å². The van der Waals surface area contributed by atoms with Crippen molar-refractivity contribution in [2.24, 2.45) is 0 Å². The predicted molar refractivity (Wildman–Crippen MR) is 75.3 cm³/mol. The van der Waals surface area contributed by atoms with Crippen molar-refractivity contribution in [3.05, 3.63) is 29.3 Å². The molecule has 0 aromatic heterocycles. The Bertz CT molecular complexity index is 535. The largest absolute Gasteiger partial charge is 0.412 e. The molecule has 0 radical (unpaired) electrons. The third kappa shape index (κ3) is 4.74. The van der Waals surface area contributed by atoms with Gasteiger partial charge in [0.1, 0.15) is 16.6 Å². The first-order chi connectivity index (χ1) is 9.22. The molecule has 5 nitrogen and oxygen atoms in total. The highest BCUT2D eigenvalue weighted by Gasteiger charge is 2.12. The molecule has 7 heteroatoms. The van der Waals surface area contributed by atoms with Crippen molar-refractivity contribution < 1.29 is 9.53 Å². The molecule has 1 rings (SSSR count). The first kappa shape index (κ1) is 15.2. The summed E-state index contributed by atoms with van der Waals surface area (Å²) in [7, 11) is 1.47. The number of amides is 1. The zero-order chi connectivity index (χ0) is 14.1. The first-order valence-electron chi connectivity index (χ1n) is 5.25. The Hall–Kier alpha value is -1.83. The summed E-state index contributed by atoms with van der Waals surface area (Å²) in [5.41, 5.74) is 1.65. The van der Waals surface area contributed by atoms with Gasteiger partial charge in [-0.2, -0.15) is 10.5 Å². The van der Waals surface area contributed by atoms with Crippen LogP contribution in [0, 0.1) is 21.3 Å². The van der Waals surface area contributed by atoms with Crippen LogP contribution in [-0.4, -0.2) is 13.1 Å². The average Bonchev–Trinajstić information content (AvgIpc) is 2.43. The van der Waals surface area contributed by atoms with E-state index < -0.39 is 6.09 Å². The Kier molecular flexibility index (Phi) is 6.65. The lowest BCUT2D eigenvalue weighted by Crippen LogP contribution is -2.22. The van der Waals surface area contributed by atoms with Gasteiger partial charge in [0, 0.05) is 24.1 Å². The Morgan fingerprint density at radius 2 is 2.00 bits per heavy atom. The number of ether oxygens (including phenoxy) is 1. The fourth-order valence-corrected chi connectivity index (χ4v) is 2.40. The zero-order valence-corrected chi connectivity index (χ0v) is 11.8. The van der Waals surface area contributed by atoms with Crippen LogP contribution in [0.1, 0.15) is 11.1 Å². The van der Waals surface area contributed by atoms with Crippen molar-refractivity contribution in [3.63, 3.8) is 0 Å². The maximum Gasteiger partial charge on any atom is 0.412 e. The first-order valence-corrected chi connectivity index (χ1v) is 7.22. The van der Waals surface area contributed by atoms with Crippen LogP contribution in [0.15, 0.2) is 18.2 Å². The molecule has 0 saturated carbocycles. The summed E-state index contributed by atoms with van der Waals surface area (Å²) in [6, 6.07) is 5.28. The van der Waals surface area contributed by atoms with Gasteiger partial charge in [0.05, 0.1) is 0 Å². The third-order valence-corrected chi connectivity index (χ3v) is 3.36. The van der Waals surface area contributed by atoms with E-state index in [0.29, 0.717) is 17.3 Å². The summed E-state index contributed by atoms with van der Waals surface area (Å²) in [6.45, 7) is 0. The second kappa shape index (κ2) is 8.30. The zero-order valence-electron chi connectivity index (χ0n) is 10.2. The number of carbonyl (C=O) groups is 1. The number of hydrogen-bond donors (Lipinski definition) is 1. The van der Waals surface area contributed by atoms with Crippen LogP contribution in [0.3, 0.4) is 0 Å². The summed E-state index contributed by atoms with van der Waals surface area (Å²) < 4.78 is 5.15. The number of carbonyl (C=O) groups excluding carboxylic acids is 1. The van der Waals surface area contributed by atoms with E-state index in [9.17, 15) is 4.79 Å². The highest BCUT2D eigenvalue weighted by molar-refractivity contribution is 8.03. The van der Waals surface area contributed by atoms with Gasteiger partial charge in [0.2, 0.25) is 0 Å². The molecule has 0 saturated heterocycles. The van der Waals surface area contributed by atoms with E-state index in [1.165, 1.54) is 7.05 Å². The normalized spacial score (nSPS) is 9.21. The number of benzene rings is 1. The molecule has 0 unspecified atom stereocenters. The highest BCUT2D eigenvalue weighted by atomic mass is 32.2. The standard InChI is InChI=1S/C12H11N3O2S2/c1-15-12(16)17-11-4-2-3-9(5-18-7-13)10(11)6-19-8-14/h2-4H,5-6H2,1H3,(H,15,16). The Balaban J connectivity index is 3.03. The number of nitrogens with one attached hydrogen (secondary N) is 1. The molecule has 0 aliphatic carbocycles. The Labute approximate surface area is 119 Å². The van der Waals surface area contributed by atoms with Crippen molar-refractivity contribution >= 4 is 29.6 Å². The van der Waals surface area contributed by atoms with Gasteiger partial charge in [-0.25, -0.2) is 4.79 Å². The van der Waals surface area contributed by atoms with E-state index in [0.717, 1.165) is 34.7 Å². The lowest BCUT2D eigenvalue weighted by molar-refractivity contribution is 0.202. The third-order valence-electron chi connectivity index (χ3n) is 2.21. The van der Waals surface area contributed by atoms with E-state index in [2.05, 4.69) is 5.32 Å². The number of thioether (sulfide) groups is 2. The quantitative estimate of drug-likeness (QED) is 0.840. The fraction of sp³-hybridized carbons (Fsp3) is 0.250. The highest BCUT2D eigenvalue weighted by Crippen LogP contribution is 2.29. The molecule has 1 aromatic carbocycles. The molecule has 0 aliphatic heterocycles. The molecule has 0 fully saturated rings. The van der Waals surface area contributed by atoms with Gasteiger partial charge in [-0.1, -0.05) is 12.1 Å². The van der Waals surface area contributed by atoms with Gasteiger partial charge < -0.3 is 10.1 Å². The van der Waals surface area contributed by atoms with E-state index in [1.54, 1.807) is 12.1 Å². The number of rotatable bonds is 5. The van der Waals surface area contributed by atoms with E-state index in [-0.39, 0.29) is 0 Å². The molecule has 0 heterocycles. The van der Waals surface area contributed by atoms with Crippen molar-refractivity contribution in [3.8, 4) is 16.6 Å². The topological polar surface area (TPSA) is 85.9 Å². The van der Waals surface area contributed by atoms with Crippen molar-refractivity contribution in [2.45, 2.75) is 11.5 Å². The molecule has 98 valence electrons. The lowest BCUT2D eigenvalue weighted by Gasteiger charge is -2.12. The van der Waals surface area contributed by atoms with Gasteiger partial charge in [0.15, 0.2) is 0 Å². The number of hydrogen-bond acceptors (Lipinski definition) is 6. The maximum absolute atomic E-state index is 11.3. The summed E-state index contributed by atoms with van der Waals surface area (Å²) in [5.74, 6) is 1.31. The molecule has 1 aromatic rings. The fourth-order valence-electron chi connectivity index (χ4n) is 1.37. The van der Waals surface area contributed by atoms with Crippen molar-refractivity contribution in [1.82, 2.24) is 5.32 Å². The minimum Gasteiger partial charge on any atom is -0.410 e. The lowest BCUT2D eigenvalue weighted by atomic mass is 10.1. The summed E-state index contributed by atoms with van der Waals surface area (Å²) in [6.07, 6.45) is -0.562. The molecule has 1 N–H and O–H groups in total. The second-order valence-electron chi connectivity index (χ2n) is 3.29. The monoisotopic (exact) mass is 293 g/mol. The van der Waals surface area contributed by atoms with E-state index in [1.807, 2.05) is 16.9 Å². The SMILES string of the molecule is CNC(=O)Oc1cccc(CSC#N)c1CSC#N. The molecule has 0 spiro atoms. The van der Waals surface area contributed by atoms with Crippen LogP contribution in [0.4, 0.5) is 4.79 Å². The number of thiocyanates is 2. The molecular weight excluding hydrogens is 282 g/mol. The minimum absolute atomic E-state index is 0.408. The average molecular weight is 293 g/mol. The van der Waals surface area contributed by atoms with Crippen LogP contribution >= 0.6 is 23.5 Å². The second-order valence-corrected chi connectivity index (χ2v) is 4.81. The minimum atomic E-state index is -0.562. The Morgan fingerprint density at radius 1 is 1.32 bits per heavy atom.